The summed E-state index contributed by atoms with van der Waals surface area (Å²) in [6.45, 7) is 3.05. The van der Waals surface area contributed by atoms with Gasteiger partial charge in [0.2, 0.25) is 0 Å². The van der Waals surface area contributed by atoms with Crippen LogP contribution in [0.5, 0.6) is 0 Å². The number of nitrogens with zero attached hydrogens (tertiary/aromatic N) is 3. The van der Waals surface area contributed by atoms with E-state index in [1.807, 2.05) is 29.2 Å². The van der Waals surface area contributed by atoms with Crippen LogP contribution in [0.4, 0.5) is 5.69 Å². The standard InChI is InChI=1S/C11H15N5/c1-2-5-16-8-9(7-14-16)11-6-10(15-12)3-4-13-11/h3-4,6-8H,2,5,12H2,1H3,(H,13,15). The van der Waals surface area contributed by atoms with Crippen molar-refractivity contribution in [3.05, 3.63) is 30.7 Å². The van der Waals surface area contributed by atoms with Gasteiger partial charge < -0.3 is 5.43 Å². The fraction of sp³-hybridized carbons (Fsp3) is 0.273. The summed E-state index contributed by atoms with van der Waals surface area (Å²) < 4.78 is 1.92. The van der Waals surface area contributed by atoms with Crippen molar-refractivity contribution in [2.45, 2.75) is 19.9 Å². The SMILES string of the molecule is CCCn1cc(-c2cc(NN)ccn2)cn1. The van der Waals surface area contributed by atoms with Gasteiger partial charge in [0.25, 0.3) is 0 Å². The molecule has 2 heterocycles. The van der Waals surface area contributed by atoms with Crippen molar-refractivity contribution >= 4 is 5.69 Å². The molecule has 0 radical (unpaired) electrons. The van der Waals surface area contributed by atoms with Crippen LogP contribution in [0.25, 0.3) is 11.3 Å². The molecule has 0 saturated heterocycles. The van der Waals surface area contributed by atoms with Crippen LogP contribution in [0, 0.1) is 0 Å². The van der Waals surface area contributed by atoms with Gasteiger partial charge in [-0.2, -0.15) is 5.10 Å². The zero-order chi connectivity index (χ0) is 11.4. The molecule has 5 heteroatoms. The summed E-state index contributed by atoms with van der Waals surface area (Å²) in [6.07, 6.45) is 6.60. The summed E-state index contributed by atoms with van der Waals surface area (Å²) in [5.41, 5.74) is 5.32. The molecule has 5 nitrogen and oxygen atoms in total. The molecule has 2 aromatic heterocycles. The van der Waals surface area contributed by atoms with Gasteiger partial charge >= 0.3 is 0 Å². The summed E-state index contributed by atoms with van der Waals surface area (Å²) in [6, 6.07) is 3.72. The highest BCUT2D eigenvalue weighted by Crippen LogP contribution is 2.18. The van der Waals surface area contributed by atoms with E-state index in [-0.39, 0.29) is 0 Å². The van der Waals surface area contributed by atoms with Crippen molar-refractivity contribution < 1.29 is 0 Å². The number of aryl methyl sites for hydroxylation is 1. The van der Waals surface area contributed by atoms with Crippen LogP contribution in [0.2, 0.25) is 0 Å². The molecule has 0 amide bonds. The lowest BCUT2D eigenvalue weighted by molar-refractivity contribution is 0.603. The zero-order valence-corrected chi connectivity index (χ0v) is 9.22. The van der Waals surface area contributed by atoms with Gasteiger partial charge in [-0.25, -0.2) is 0 Å². The molecule has 0 bridgehead atoms. The van der Waals surface area contributed by atoms with Gasteiger partial charge in [0.15, 0.2) is 0 Å². The first-order valence-electron chi connectivity index (χ1n) is 5.29. The number of pyridine rings is 1. The number of nitrogens with two attached hydrogens (primary N) is 1. The first-order chi connectivity index (χ1) is 7.83. The number of anilines is 1. The van der Waals surface area contributed by atoms with Gasteiger partial charge in [-0.1, -0.05) is 6.92 Å². The lowest BCUT2D eigenvalue weighted by Gasteiger charge is -2.01. The largest absolute Gasteiger partial charge is 0.324 e. The van der Waals surface area contributed by atoms with Crippen molar-refractivity contribution in [2.24, 2.45) is 5.84 Å². The second-order valence-corrected chi connectivity index (χ2v) is 3.57. The number of hydrazine groups is 1. The predicted molar refractivity (Wildman–Crippen MR) is 63.6 cm³/mol. The summed E-state index contributed by atoms with van der Waals surface area (Å²) in [5, 5.41) is 4.26. The van der Waals surface area contributed by atoms with Crippen LogP contribution >= 0.6 is 0 Å². The summed E-state index contributed by atoms with van der Waals surface area (Å²) >= 11 is 0. The van der Waals surface area contributed by atoms with E-state index in [1.165, 1.54) is 0 Å². The van der Waals surface area contributed by atoms with Crippen LogP contribution in [0.15, 0.2) is 30.7 Å². The quantitative estimate of drug-likeness (QED) is 0.603. The highest BCUT2D eigenvalue weighted by Gasteiger charge is 2.03. The first kappa shape index (κ1) is 10.6. The Labute approximate surface area is 94.3 Å². The third kappa shape index (κ3) is 2.20. The average Bonchev–Trinajstić information content (AvgIpc) is 2.78. The van der Waals surface area contributed by atoms with Crippen LogP contribution in [-0.2, 0) is 6.54 Å². The van der Waals surface area contributed by atoms with Gasteiger partial charge in [0.05, 0.1) is 17.6 Å². The molecule has 0 saturated carbocycles. The Hall–Kier alpha value is -1.88. The molecular weight excluding hydrogens is 202 g/mol. The number of rotatable bonds is 4. The van der Waals surface area contributed by atoms with E-state index < -0.39 is 0 Å². The maximum absolute atomic E-state index is 5.35. The third-order valence-electron chi connectivity index (χ3n) is 2.31. The molecule has 0 spiro atoms. The van der Waals surface area contributed by atoms with E-state index in [0.717, 1.165) is 29.9 Å². The fourth-order valence-corrected chi connectivity index (χ4v) is 1.53. The van der Waals surface area contributed by atoms with Gasteiger partial charge in [0.1, 0.15) is 0 Å². The Morgan fingerprint density at radius 3 is 3.12 bits per heavy atom. The Balaban J connectivity index is 2.27. The van der Waals surface area contributed by atoms with E-state index in [0.29, 0.717) is 0 Å². The average molecular weight is 217 g/mol. The second kappa shape index (κ2) is 4.76. The number of hydrogen-bond donors (Lipinski definition) is 2. The van der Waals surface area contributed by atoms with Crippen molar-refractivity contribution in [3.63, 3.8) is 0 Å². The predicted octanol–water partition coefficient (Wildman–Crippen LogP) is 1.64. The van der Waals surface area contributed by atoms with Gasteiger partial charge in [-0.3, -0.25) is 15.5 Å². The van der Waals surface area contributed by atoms with Crippen molar-refractivity contribution in [1.29, 1.82) is 0 Å². The minimum Gasteiger partial charge on any atom is -0.324 e. The van der Waals surface area contributed by atoms with E-state index in [4.69, 9.17) is 5.84 Å². The highest BCUT2D eigenvalue weighted by atomic mass is 15.3. The number of aromatic nitrogens is 3. The van der Waals surface area contributed by atoms with E-state index in [9.17, 15) is 0 Å². The molecule has 0 aliphatic carbocycles. The maximum Gasteiger partial charge on any atom is 0.0754 e. The zero-order valence-electron chi connectivity index (χ0n) is 9.22. The van der Waals surface area contributed by atoms with Crippen molar-refractivity contribution in [3.8, 4) is 11.3 Å². The molecule has 2 aromatic rings. The molecule has 0 aliphatic heterocycles. The van der Waals surface area contributed by atoms with Crippen LogP contribution < -0.4 is 11.3 Å². The minimum atomic E-state index is 0.841. The van der Waals surface area contributed by atoms with Gasteiger partial charge in [-0.05, 0) is 18.6 Å². The molecule has 16 heavy (non-hydrogen) atoms. The number of nitrogens with one attached hydrogen (secondary N) is 1. The van der Waals surface area contributed by atoms with Gasteiger partial charge in [-0.15, -0.1) is 0 Å². The van der Waals surface area contributed by atoms with Crippen LogP contribution in [-0.4, -0.2) is 14.8 Å². The van der Waals surface area contributed by atoms with E-state index in [2.05, 4.69) is 22.4 Å². The summed E-state index contributed by atoms with van der Waals surface area (Å²) in [5.74, 6) is 5.35. The Kier molecular flexibility index (Phi) is 3.16. The first-order valence-corrected chi connectivity index (χ1v) is 5.29. The van der Waals surface area contributed by atoms with E-state index in [1.54, 1.807) is 6.20 Å². The molecule has 3 N–H and O–H groups in total. The Morgan fingerprint density at radius 1 is 1.50 bits per heavy atom. The van der Waals surface area contributed by atoms with Crippen LogP contribution in [0.3, 0.4) is 0 Å². The fourth-order valence-electron chi connectivity index (χ4n) is 1.53. The smallest absolute Gasteiger partial charge is 0.0754 e. The van der Waals surface area contributed by atoms with Crippen LogP contribution in [0.1, 0.15) is 13.3 Å². The maximum atomic E-state index is 5.35. The van der Waals surface area contributed by atoms with Gasteiger partial charge in [0, 0.05) is 24.5 Å². The monoisotopic (exact) mass is 217 g/mol. The molecule has 0 fully saturated rings. The molecular formula is C11H15N5. The van der Waals surface area contributed by atoms with E-state index >= 15 is 0 Å². The second-order valence-electron chi connectivity index (χ2n) is 3.57. The number of hydrogen-bond acceptors (Lipinski definition) is 4. The molecule has 2 rings (SSSR count). The molecule has 0 aliphatic rings. The molecule has 0 aromatic carbocycles. The Morgan fingerprint density at radius 2 is 2.38 bits per heavy atom. The molecule has 0 atom stereocenters. The highest BCUT2D eigenvalue weighted by molar-refractivity contribution is 5.62. The lowest BCUT2D eigenvalue weighted by atomic mass is 10.2. The molecule has 84 valence electrons. The topological polar surface area (TPSA) is 68.8 Å². The summed E-state index contributed by atoms with van der Waals surface area (Å²) in [4.78, 5) is 4.28. The number of nitrogen functional groups attached to an aromatic ring is 1. The minimum absolute atomic E-state index is 0.841. The normalized spacial score (nSPS) is 10.4. The molecule has 0 unspecified atom stereocenters. The Bertz CT molecular complexity index is 463. The van der Waals surface area contributed by atoms with Crippen molar-refractivity contribution in [2.75, 3.05) is 5.43 Å². The van der Waals surface area contributed by atoms with Crippen molar-refractivity contribution in [1.82, 2.24) is 14.8 Å². The lowest BCUT2D eigenvalue weighted by Crippen LogP contribution is -2.06. The third-order valence-corrected chi connectivity index (χ3v) is 2.31. The summed E-state index contributed by atoms with van der Waals surface area (Å²) in [7, 11) is 0.